The van der Waals surface area contributed by atoms with Crippen LogP contribution in [-0.2, 0) is 25.1 Å². The third-order valence-corrected chi connectivity index (χ3v) is 9.29. The Hall–Kier alpha value is -4.53. The summed E-state index contributed by atoms with van der Waals surface area (Å²) in [4.78, 5) is 35.6. The fourth-order valence-corrected chi connectivity index (χ4v) is 6.44. The van der Waals surface area contributed by atoms with Crippen molar-refractivity contribution in [1.82, 2.24) is 0 Å². The Labute approximate surface area is 292 Å². The summed E-state index contributed by atoms with van der Waals surface area (Å²) in [5.74, 6) is -2.07. The largest absolute Gasteiger partial charge is 0.744 e. The maximum absolute atomic E-state index is 13.0. The predicted molar refractivity (Wildman–Crippen MR) is 188 cm³/mol. The number of benzene rings is 2. The van der Waals surface area contributed by atoms with Crippen molar-refractivity contribution in [2.45, 2.75) is 63.7 Å². The Balaban J connectivity index is 0.000000753. The number of aromatic hydroxyl groups is 1. The van der Waals surface area contributed by atoms with Crippen LogP contribution in [0.5, 0.6) is 5.75 Å². The quantitative estimate of drug-likeness (QED) is 0.0818. The average Bonchev–Trinajstić information content (AvgIpc) is 3.20. The number of anilines is 1. The first-order chi connectivity index (χ1) is 23.2. The molecule has 0 radical (unpaired) electrons. The Morgan fingerprint density at radius 1 is 1.02 bits per heavy atom. The van der Waals surface area contributed by atoms with Crippen molar-refractivity contribution < 1.29 is 51.4 Å². The first-order valence-electron chi connectivity index (χ1n) is 16.4. The van der Waals surface area contributed by atoms with Gasteiger partial charge in [-0.25, -0.2) is 13.2 Å². The van der Waals surface area contributed by atoms with Gasteiger partial charge in [0, 0.05) is 55.4 Å². The number of allylic oxidation sites excluding steroid dienone is 1. The van der Waals surface area contributed by atoms with E-state index in [9.17, 15) is 37.6 Å². The van der Waals surface area contributed by atoms with Crippen LogP contribution in [0.4, 0.5) is 11.4 Å². The second kappa shape index (κ2) is 16.0. The van der Waals surface area contributed by atoms with E-state index in [2.05, 4.69) is 4.90 Å². The number of carbonyl (C=O) groups excluding carboxylic acids is 1. The van der Waals surface area contributed by atoms with Gasteiger partial charge < -0.3 is 38.5 Å². The van der Waals surface area contributed by atoms with Crippen LogP contribution in [0.25, 0.3) is 17.0 Å². The van der Waals surface area contributed by atoms with Crippen LogP contribution in [0.3, 0.4) is 0 Å². The lowest BCUT2D eigenvalue weighted by molar-refractivity contribution is -0.864. The van der Waals surface area contributed by atoms with E-state index in [0.29, 0.717) is 52.6 Å². The molecule has 0 fully saturated rings. The molecule has 0 spiro atoms. The first-order valence-corrected chi connectivity index (χ1v) is 17.8. The normalized spacial score (nSPS) is 14.1. The van der Waals surface area contributed by atoms with E-state index in [1.54, 1.807) is 45.4 Å². The highest BCUT2D eigenvalue weighted by Crippen LogP contribution is 2.42. The van der Waals surface area contributed by atoms with Crippen LogP contribution >= 0.6 is 0 Å². The van der Waals surface area contributed by atoms with Gasteiger partial charge in [0.05, 0.1) is 42.8 Å². The first kappa shape index (κ1) is 39.9. The Morgan fingerprint density at radius 3 is 2.22 bits per heavy atom. The van der Waals surface area contributed by atoms with E-state index < -0.39 is 33.1 Å². The van der Waals surface area contributed by atoms with E-state index in [1.807, 2.05) is 38.3 Å². The van der Waals surface area contributed by atoms with Crippen molar-refractivity contribution in [3.8, 4) is 5.75 Å². The molecule has 50 heavy (non-hydrogen) atoms. The third kappa shape index (κ3) is 9.79. The van der Waals surface area contributed by atoms with Crippen LogP contribution < -0.4 is 15.6 Å². The van der Waals surface area contributed by atoms with Gasteiger partial charge >= 0.3 is 11.6 Å². The Morgan fingerprint density at radius 2 is 1.68 bits per heavy atom. The van der Waals surface area contributed by atoms with Gasteiger partial charge in [-0.1, -0.05) is 0 Å². The van der Waals surface area contributed by atoms with Gasteiger partial charge in [-0.05, 0) is 70.9 Å². The zero-order valence-electron chi connectivity index (χ0n) is 29.7. The molecule has 3 aromatic rings. The molecule has 0 amide bonds. The van der Waals surface area contributed by atoms with Crippen LogP contribution in [-0.4, -0.2) is 97.2 Å². The number of nitrogens with zero attached hydrogens (tertiary/aromatic N) is 3. The number of hydrogen-bond donors (Lipinski definition) is 2. The number of quaternary nitrogens is 1. The Kier molecular flexibility index (Phi) is 12.8. The molecule has 0 bridgehead atoms. The monoisotopic (exact) mass is 713 g/mol. The zero-order chi connectivity index (χ0) is 37.6. The van der Waals surface area contributed by atoms with Gasteiger partial charge in [0.1, 0.15) is 40.1 Å². The minimum absolute atomic E-state index is 0.0263. The molecule has 272 valence electrons. The average molecular weight is 714 g/mol. The Bertz CT molecular complexity index is 1970. The fraction of sp³-hybridized carbons (Fsp3) is 0.444. The molecule has 0 saturated heterocycles. The summed E-state index contributed by atoms with van der Waals surface area (Å²) in [5.41, 5.74) is 1.70. The number of fused-ring (bicyclic) bond motifs is 2. The summed E-state index contributed by atoms with van der Waals surface area (Å²) in [5, 5.41) is 30.3. The topological polar surface area (TPSA) is 191 Å². The summed E-state index contributed by atoms with van der Waals surface area (Å²) in [7, 11) is 0.722. The van der Waals surface area contributed by atoms with Crippen LogP contribution in [0, 0.1) is 0 Å². The number of hydrogen-bond acceptors (Lipinski definition) is 10. The number of rotatable bonds is 14. The van der Waals surface area contributed by atoms with Crippen molar-refractivity contribution in [2.75, 3.05) is 52.2 Å². The van der Waals surface area contributed by atoms with Crippen molar-refractivity contribution in [3.63, 3.8) is 0 Å². The van der Waals surface area contributed by atoms with Crippen molar-refractivity contribution >= 4 is 56.2 Å². The summed E-state index contributed by atoms with van der Waals surface area (Å²) >= 11 is 0. The van der Waals surface area contributed by atoms with Gasteiger partial charge in [-0.3, -0.25) is 4.79 Å². The van der Waals surface area contributed by atoms with E-state index in [0.717, 1.165) is 18.8 Å². The second-order valence-electron chi connectivity index (χ2n) is 13.7. The molecule has 0 saturated carbocycles. The predicted octanol–water partition coefficient (Wildman–Crippen LogP) is 3.43. The smallest absolute Gasteiger partial charge is 0.347 e. The van der Waals surface area contributed by atoms with E-state index in [-0.39, 0.29) is 34.8 Å². The van der Waals surface area contributed by atoms with Crippen molar-refractivity contribution in [3.05, 3.63) is 64.0 Å². The molecule has 0 aliphatic carbocycles. The van der Waals surface area contributed by atoms with Crippen molar-refractivity contribution in [2.24, 2.45) is 0 Å². The maximum atomic E-state index is 13.0. The highest BCUT2D eigenvalue weighted by molar-refractivity contribution is 7.85. The SMILES string of the molecule is CCN(CC)c1ccc2c(O)c(/C=C/C3=[N+](CCCCCC(=O)O)c4ccc(S(=O)(=O)[O-])cc4C3(C)C)c(=O)oc2c1.C[N+](C)(C)CC(=O)[O-]. The molecular formula is C36H47N3O10S. The molecule has 13 nitrogen and oxygen atoms in total. The number of carboxylic acid groups (broad SMARTS) is 2. The molecule has 4 rings (SSSR count). The summed E-state index contributed by atoms with van der Waals surface area (Å²) in [6.07, 6.45) is 5.08. The molecule has 2 aromatic carbocycles. The molecule has 1 aromatic heterocycles. The highest BCUT2D eigenvalue weighted by Gasteiger charge is 2.44. The lowest BCUT2D eigenvalue weighted by Gasteiger charge is -2.23. The standard InChI is InChI=1S/C31H36N2O8S.C5H11NO2/c1-5-32(6-2)20-11-13-22-26(18-20)41-30(37)23(29(22)36)14-16-27-31(3,4)24-19-21(42(38,39)40)12-15-25(24)33(27)17-9-7-8-10-28(34)35;1-6(2,3)4-5(7)8/h11-16,18-19H,5-10,17H2,1-4H3,(H2,34,35,38,39,40);4H2,1-3H3. The van der Waals surface area contributed by atoms with E-state index in [1.165, 1.54) is 18.2 Å². The number of carbonyl (C=O) groups is 2. The van der Waals surface area contributed by atoms with E-state index in [4.69, 9.17) is 9.52 Å². The summed E-state index contributed by atoms with van der Waals surface area (Å²) in [6.45, 7) is 9.92. The third-order valence-electron chi connectivity index (χ3n) is 8.46. The minimum atomic E-state index is -4.68. The highest BCUT2D eigenvalue weighted by atomic mass is 32.2. The zero-order valence-corrected chi connectivity index (χ0v) is 30.5. The van der Waals surface area contributed by atoms with Gasteiger partial charge in [0.15, 0.2) is 5.71 Å². The molecule has 14 heteroatoms. The molecule has 2 heterocycles. The van der Waals surface area contributed by atoms with E-state index >= 15 is 0 Å². The molecule has 0 unspecified atom stereocenters. The van der Waals surface area contributed by atoms with Crippen molar-refractivity contribution in [1.29, 1.82) is 0 Å². The second-order valence-corrected chi connectivity index (χ2v) is 15.0. The molecular weight excluding hydrogens is 666 g/mol. The number of unbranched alkanes of at least 4 members (excludes halogenated alkanes) is 2. The summed E-state index contributed by atoms with van der Waals surface area (Å²) in [6, 6.07) is 9.56. The summed E-state index contributed by atoms with van der Waals surface area (Å²) < 4.78 is 43.3. The van der Waals surface area contributed by atoms with Crippen LogP contribution in [0.1, 0.15) is 64.5 Å². The van der Waals surface area contributed by atoms with Gasteiger partial charge in [-0.15, -0.1) is 0 Å². The fourth-order valence-electron chi connectivity index (χ4n) is 5.94. The molecule has 1 aliphatic rings. The van der Waals surface area contributed by atoms with Gasteiger partial charge in [-0.2, -0.15) is 4.58 Å². The molecule has 2 N–H and O–H groups in total. The lowest BCUT2D eigenvalue weighted by Crippen LogP contribution is -2.45. The van der Waals surface area contributed by atoms with Crippen LogP contribution in [0.15, 0.2) is 56.6 Å². The number of aliphatic carboxylic acids is 2. The minimum Gasteiger partial charge on any atom is -0.744 e. The number of carboxylic acids is 2. The maximum Gasteiger partial charge on any atom is 0.347 e. The number of likely N-dealkylation sites (N-methyl/N-ethyl adjacent to an activating group) is 1. The van der Waals surface area contributed by atoms with Gasteiger partial charge in [0.2, 0.25) is 5.69 Å². The van der Waals surface area contributed by atoms with Crippen LogP contribution in [0.2, 0.25) is 0 Å². The molecule has 0 atom stereocenters. The lowest BCUT2D eigenvalue weighted by atomic mass is 9.81. The molecule has 1 aliphatic heterocycles. The van der Waals surface area contributed by atoms with Gasteiger partial charge in [0.25, 0.3) is 0 Å².